The van der Waals surface area contributed by atoms with E-state index in [9.17, 15) is 4.39 Å². The predicted molar refractivity (Wildman–Crippen MR) is 59.5 cm³/mol. The summed E-state index contributed by atoms with van der Waals surface area (Å²) in [5, 5.41) is 0. The summed E-state index contributed by atoms with van der Waals surface area (Å²) < 4.78 is 21.4. The van der Waals surface area contributed by atoms with Gasteiger partial charge in [0.1, 0.15) is 5.82 Å². The zero-order valence-electron chi connectivity index (χ0n) is 7.98. The van der Waals surface area contributed by atoms with Gasteiger partial charge >= 0.3 is 0 Å². The highest BCUT2D eigenvalue weighted by molar-refractivity contribution is 7.86. The standard InChI is InChI=1S/C12H10FNS/c13-11-8-4-5-9-12(11)15(14)10-6-2-1-3-7-10/h1-9,14H. The average Bonchev–Trinajstić information content (AvgIpc) is 2.30. The second-order valence-corrected chi connectivity index (χ2v) is 4.57. The molecule has 0 saturated heterocycles. The van der Waals surface area contributed by atoms with Gasteiger partial charge in [0.2, 0.25) is 0 Å². The molecule has 0 heterocycles. The monoisotopic (exact) mass is 219 g/mol. The van der Waals surface area contributed by atoms with Crippen LogP contribution in [-0.2, 0) is 10.7 Å². The highest BCUT2D eigenvalue weighted by Gasteiger charge is 2.06. The number of benzene rings is 2. The van der Waals surface area contributed by atoms with Crippen LogP contribution in [0.5, 0.6) is 0 Å². The van der Waals surface area contributed by atoms with Crippen molar-refractivity contribution in [3.8, 4) is 0 Å². The highest BCUT2D eigenvalue weighted by atomic mass is 32.2. The van der Waals surface area contributed by atoms with Crippen molar-refractivity contribution in [3.63, 3.8) is 0 Å². The first-order valence-corrected chi connectivity index (χ1v) is 5.76. The molecule has 2 aromatic rings. The molecule has 0 fully saturated rings. The lowest BCUT2D eigenvalue weighted by atomic mass is 10.3. The highest BCUT2D eigenvalue weighted by Crippen LogP contribution is 2.19. The molecule has 3 heteroatoms. The van der Waals surface area contributed by atoms with Gasteiger partial charge in [-0.2, -0.15) is 0 Å². The molecule has 1 atom stereocenters. The van der Waals surface area contributed by atoms with Crippen LogP contribution in [0.2, 0.25) is 0 Å². The number of hydrogen-bond donors (Lipinski definition) is 1. The maximum Gasteiger partial charge on any atom is 0.138 e. The van der Waals surface area contributed by atoms with Gasteiger partial charge in [-0.1, -0.05) is 30.3 Å². The molecule has 0 radical (unpaired) electrons. The Labute approximate surface area is 90.5 Å². The summed E-state index contributed by atoms with van der Waals surface area (Å²) in [4.78, 5) is 1.28. The van der Waals surface area contributed by atoms with Crippen molar-refractivity contribution in [1.29, 1.82) is 4.78 Å². The molecule has 0 aliphatic heterocycles. The van der Waals surface area contributed by atoms with Crippen LogP contribution in [0.4, 0.5) is 4.39 Å². The molecular formula is C12H10FNS. The average molecular weight is 219 g/mol. The predicted octanol–water partition coefficient (Wildman–Crippen LogP) is 3.62. The molecule has 2 aromatic carbocycles. The van der Waals surface area contributed by atoms with Gasteiger partial charge in [0.15, 0.2) is 0 Å². The molecule has 1 nitrogen and oxygen atoms in total. The van der Waals surface area contributed by atoms with Gasteiger partial charge in [-0.15, -0.1) is 0 Å². The van der Waals surface area contributed by atoms with Crippen LogP contribution in [0, 0.1) is 10.6 Å². The van der Waals surface area contributed by atoms with Crippen LogP contribution in [0.25, 0.3) is 0 Å². The smallest absolute Gasteiger partial charge is 0.138 e. The summed E-state index contributed by atoms with van der Waals surface area (Å²) in [7, 11) is -0.933. The lowest BCUT2D eigenvalue weighted by Gasteiger charge is -2.06. The fourth-order valence-corrected chi connectivity index (χ4v) is 2.45. The van der Waals surface area contributed by atoms with Gasteiger partial charge < -0.3 is 0 Å². The summed E-state index contributed by atoms with van der Waals surface area (Å²) in [6, 6.07) is 15.8. The van der Waals surface area contributed by atoms with E-state index in [0.29, 0.717) is 4.90 Å². The normalized spacial score (nSPS) is 12.3. The molecule has 1 unspecified atom stereocenters. The van der Waals surface area contributed by atoms with Crippen molar-refractivity contribution in [2.24, 2.45) is 0 Å². The van der Waals surface area contributed by atoms with Gasteiger partial charge in [-0.25, -0.2) is 4.39 Å². The fourth-order valence-electron chi connectivity index (χ4n) is 1.29. The van der Waals surface area contributed by atoms with Gasteiger partial charge in [-0.3, -0.25) is 4.78 Å². The van der Waals surface area contributed by atoms with Crippen molar-refractivity contribution in [1.82, 2.24) is 0 Å². The molecule has 0 amide bonds. The van der Waals surface area contributed by atoms with Crippen LogP contribution in [0.3, 0.4) is 0 Å². The second kappa shape index (κ2) is 4.36. The summed E-state index contributed by atoms with van der Waals surface area (Å²) in [5.41, 5.74) is 0. The minimum Gasteiger partial charge on any atom is -0.271 e. The van der Waals surface area contributed by atoms with Crippen molar-refractivity contribution < 1.29 is 4.39 Å². The third-order valence-corrected chi connectivity index (χ3v) is 3.55. The minimum atomic E-state index is -0.933. The quantitative estimate of drug-likeness (QED) is 0.797. The fraction of sp³-hybridized carbons (Fsp3) is 0. The van der Waals surface area contributed by atoms with Gasteiger partial charge in [0.25, 0.3) is 0 Å². The summed E-state index contributed by atoms with van der Waals surface area (Å²) in [6.45, 7) is 0. The molecule has 0 aromatic heterocycles. The molecule has 0 saturated carbocycles. The number of nitrogens with one attached hydrogen (secondary N) is 1. The Bertz CT molecular complexity index is 482. The maximum absolute atomic E-state index is 13.4. The summed E-state index contributed by atoms with van der Waals surface area (Å²) in [5.74, 6) is -0.306. The molecular weight excluding hydrogens is 209 g/mol. The number of halogens is 1. The van der Waals surface area contributed by atoms with Gasteiger partial charge in [0, 0.05) is 4.90 Å². The number of rotatable bonds is 2. The zero-order valence-corrected chi connectivity index (χ0v) is 8.80. The van der Waals surface area contributed by atoms with E-state index in [0.717, 1.165) is 4.90 Å². The van der Waals surface area contributed by atoms with E-state index in [-0.39, 0.29) is 5.82 Å². The van der Waals surface area contributed by atoms with E-state index in [1.54, 1.807) is 18.2 Å². The van der Waals surface area contributed by atoms with Crippen LogP contribution in [0.1, 0.15) is 0 Å². The number of hydrogen-bond acceptors (Lipinski definition) is 1. The van der Waals surface area contributed by atoms with Crippen molar-refractivity contribution in [3.05, 3.63) is 60.4 Å². The van der Waals surface area contributed by atoms with Crippen LogP contribution >= 0.6 is 0 Å². The zero-order chi connectivity index (χ0) is 10.7. The Morgan fingerprint density at radius 2 is 1.47 bits per heavy atom. The van der Waals surface area contributed by atoms with Crippen LogP contribution < -0.4 is 0 Å². The molecule has 0 spiro atoms. The Morgan fingerprint density at radius 1 is 0.867 bits per heavy atom. The first kappa shape index (κ1) is 10.1. The van der Waals surface area contributed by atoms with E-state index < -0.39 is 10.7 Å². The summed E-state index contributed by atoms with van der Waals surface area (Å²) >= 11 is 0. The SMILES string of the molecule is N=S(c1ccccc1)c1ccccc1F. The van der Waals surface area contributed by atoms with Gasteiger partial charge in [0.05, 0.1) is 4.90 Å². The topological polar surface area (TPSA) is 23.9 Å². The maximum atomic E-state index is 13.4. The molecule has 1 N–H and O–H groups in total. The van der Waals surface area contributed by atoms with E-state index in [1.807, 2.05) is 30.3 Å². The Morgan fingerprint density at radius 3 is 2.13 bits per heavy atom. The van der Waals surface area contributed by atoms with Crippen molar-refractivity contribution >= 4 is 10.7 Å². The first-order chi connectivity index (χ1) is 7.29. The first-order valence-electron chi connectivity index (χ1n) is 4.54. The Kier molecular flexibility index (Phi) is 2.92. The molecule has 2 rings (SSSR count). The third kappa shape index (κ3) is 2.13. The summed E-state index contributed by atoms with van der Waals surface area (Å²) in [6.07, 6.45) is 0. The van der Waals surface area contributed by atoms with Gasteiger partial charge in [-0.05, 0) is 35.0 Å². The van der Waals surface area contributed by atoms with Crippen molar-refractivity contribution in [2.75, 3.05) is 0 Å². The van der Waals surface area contributed by atoms with E-state index >= 15 is 0 Å². The molecule has 0 aliphatic rings. The largest absolute Gasteiger partial charge is 0.271 e. The lowest BCUT2D eigenvalue weighted by Crippen LogP contribution is -1.93. The van der Waals surface area contributed by atoms with Crippen molar-refractivity contribution in [2.45, 2.75) is 9.79 Å². The Hall–Kier alpha value is -1.48. The molecule has 15 heavy (non-hydrogen) atoms. The Balaban J connectivity index is 2.42. The molecule has 0 aliphatic carbocycles. The second-order valence-electron chi connectivity index (χ2n) is 3.05. The minimum absolute atomic E-state index is 0.306. The molecule has 0 bridgehead atoms. The van der Waals surface area contributed by atoms with E-state index in [4.69, 9.17) is 4.78 Å². The third-order valence-electron chi connectivity index (χ3n) is 2.04. The van der Waals surface area contributed by atoms with Crippen LogP contribution in [0.15, 0.2) is 64.4 Å². The van der Waals surface area contributed by atoms with Crippen LogP contribution in [-0.4, -0.2) is 0 Å². The van der Waals surface area contributed by atoms with E-state index in [1.165, 1.54) is 6.07 Å². The van der Waals surface area contributed by atoms with E-state index in [2.05, 4.69) is 0 Å². The molecule has 76 valence electrons. The lowest BCUT2D eigenvalue weighted by molar-refractivity contribution is 0.601.